The van der Waals surface area contributed by atoms with E-state index in [1.807, 2.05) is 30.1 Å². The van der Waals surface area contributed by atoms with Crippen LogP contribution in [-0.2, 0) is 11.8 Å². The second-order valence-electron chi connectivity index (χ2n) is 9.70. The summed E-state index contributed by atoms with van der Waals surface area (Å²) in [6, 6.07) is 5.82. The van der Waals surface area contributed by atoms with Crippen LogP contribution in [0, 0.1) is 16.7 Å². The highest BCUT2D eigenvalue weighted by atomic mass is 16.5. The SMILES string of the molecule is Cn1c(N2CCOCC2)nc2cc(C(=O)N3C[C@@H]4C(C)(C)C[C@]4(CO)C3)ccc21. The zero-order valence-corrected chi connectivity index (χ0v) is 17.5. The number of rotatable bonds is 3. The van der Waals surface area contributed by atoms with Crippen molar-refractivity contribution in [1.82, 2.24) is 14.5 Å². The fourth-order valence-electron chi connectivity index (χ4n) is 6.04. The van der Waals surface area contributed by atoms with Crippen molar-refractivity contribution < 1.29 is 14.6 Å². The first-order valence-electron chi connectivity index (χ1n) is 10.5. The third-order valence-electron chi connectivity index (χ3n) is 7.40. The van der Waals surface area contributed by atoms with Crippen molar-refractivity contribution >= 4 is 22.9 Å². The Morgan fingerprint density at radius 2 is 2.07 bits per heavy atom. The molecule has 3 fully saturated rings. The van der Waals surface area contributed by atoms with Gasteiger partial charge in [0.05, 0.1) is 30.9 Å². The van der Waals surface area contributed by atoms with Gasteiger partial charge in [0.2, 0.25) is 5.95 Å². The Kier molecular flexibility index (Phi) is 4.19. The zero-order valence-electron chi connectivity index (χ0n) is 17.5. The van der Waals surface area contributed by atoms with Crippen molar-refractivity contribution in [2.75, 3.05) is 50.9 Å². The average Bonchev–Trinajstić information content (AvgIpc) is 3.23. The standard InChI is InChI=1S/C22H30N4O3/c1-21(2)12-22(14-27)13-26(11-18(21)22)19(28)15-4-5-17-16(10-15)23-20(24(17)3)25-6-8-29-9-7-25/h4-5,10,18,27H,6-9,11-14H2,1-3H3/t18-,22-/m1/s1. The van der Waals surface area contributed by atoms with E-state index in [2.05, 4.69) is 23.3 Å². The van der Waals surface area contributed by atoms with Crippen molar-refractivity contribution in [1.29, 1.82) is 0 Å². The van der Waals surface area contributed by atoms with E-state index in [1.54, 1.807) is 0 Å². The molecule has 2 saturated heterocycles. The van der Waals surface area contributed by atoms with Gasteiger partial charge in [-0.1, -0.05) is 13.8 Å². The van der Waals surface area contributed by atoms with Crippen LogP contribution in [0.15, 0.2) is 18.2 Å². The van der Waals surface area contributed by atoms with E-state index in [4.69, 9.17) is 9.72 Å². The molecule has 1 aromatic heterocycles. The first-order valence-corrected chi connectivity index (χ1v) is 10.5. The van der Waals surface area contributed by atoms with E-state index in [0.29, 0.717) is 31.2 Å². The molecule has 7 nitrogen and oxygen atoms in total. The Labute approximate surface area is 171 Å². The normalized spacial score (nSPS) is 28.5. The van der Waals surface area contributed by atoms with Crippen LogP contribution >= 0.6 is 0 Å². The van der Waals surface area contributed by atoms with Gasteiger partial charge < -0.3 is 24.2 Å². The molecular weight excluding hydrogens is 368 g/mol. The molecule has 156 valence electrons. The van der Waals surface area contributed by atoms with E-state index < -0.39 is 0 Å². The highest BCUT2D eigenvalue weighted by Crippen LogP contribution is 2.62. The third-order valence-corrected chi connectivity index (χ3v) is 7.40. The summed E-state index contributed by atoms with van der Waals surface area (Å²) in [7, 11) is 2.02. The minimum Gasteiger partial charge on any atom is -0.396 e. The number of hydrogen-bond donors (Lipinski definition) is 1. The number of amides is 1. The van der Waals surface area contributed by atoms with Gasteiger partial charge in [-0.15, -0.1) is 0 Å². The average molecular weight is 399 g/mol. The van der Waals surface area contributed by atoms with Crippen LogP contribution in [-0.4, -0.2) is 71.5 Å². The molecule has 1 saturated carbocycles. The van der Waals surface area contributed by atoms with Gasteiger partial charge in [0.1, 0.15) is 0 Å². The Morgan fingerprint density at radius 3 is 2.72 bits per heavy atom. The molecule has 5 rings (SSSR count). The number of morpholine rings is 1. The number of aryl methyl sites for hydroxylation is 1. The molecule has 0 bridgehead atoms. The van der Waals surface area contributed by atoms with Crippen molar-refractivity contribution in [2.24, 2.45) is 23.8 Å². The minimum absolute atomic E-state index is 0.0449. The fraction of sp³-hybridized carbons (Fsp3) is 0.636. The number of likely N-dealkylation sites (tertiary alicyclic amines) is 1. The highest BCUT2D eigenvalue weighted by molar-refractivity contribution is 5.98. The van der Waals surface area contributed by atoms with Crippen molar-refractivity contribution in [2.45, 2.75) is 20.3 Å². The zero-order chi connectivity index (χ0) is 20.4. The monoisotopic (exact) mass is 398 g/mol. The number of carbonyl (C=O) groups excluding carboxylic acids is 1. The summed E-state index contributed by atoms with van der Waals surface area (Å²) in [5, 5.41) is 9.98. The molecule has 1 aromatic carbocycles. The number of anilines is 1. The van der Waals surface area contributed by atoms with Crippen LogP contribution in [0.5, 0.6) is 0 Å². The number of imidazole rings is 1. The van der Waals surface area contributed by atoms with Crippen LogP contribution < -0.4 is 4.90 Å². The highest BCUT2D eigenvalue weighted by Gasteiger charge is 2.63. The number of benzene rings is 1. The lowest BCUT2D eigenvalue weighted by molar-refractivity contribution is -0.0976. The smallest absolute Gasteiger partial charge is 0.253 e. The maximum absolute atomic E-state index is 13.3. The summed E-state index contributed by atoms with van der Waals surface area (Å²) < 4.78 is 7.54. The number of ether oxygens (including phenoxy) is 1. The minimum atomic E-state index is -0.113. The molecule has 7 heteroatoms. The van der Waals surface area contributed by atoms with Crippen molar-refractivity contribution in [3.05, 3.63) is 23.8 Å². The number of aromatic nitrogens is 2. The summed E-state index contributed by atoms with van der Waals surface area (Å²) in [5.74, 6) is 1.34. The lowest BCUT2D eigenvalue weighted by atomic mass is 9.48. The van der Waals surface area contributed by atoms with Crippen LogP contribution in [0.4, 0.5) is 5.95 Å². The summed E-state index contributed by atoms with van der Waals surface area (Å²) >= 11 is 0. The molecule has 0 radical (unpaired) electrons. The molecule has 3 aliphatic rings. The molecule has 2 aromatic rings. The molecule has 2 atom stereocenters. The van der Waals surface area contributed by atoms with E-state index in [9.17, 15) is 9.90 Å². The largest absolute Gasteiger partial charge is 0.396 e. The van der Waals surface area contributed by atoms with E-state index in [-0.39, 0.29) is 23.3 Å². The number of nitrogens with zero attached hydrogens (tertiary/aromatic N) is 4. The fourth-order valence-corrected chi connectivity index (χ4v) is 6.04. The summed E-state index contributed by atoms with van der Waals surface area (Å²) in [4.78, 5) is 22.2. The number of hydrogen-bond acceptors (Lipinski definition) is 5. The van der Waals surface area contributed by atoms with Gasteiger partial charge in [0.15, 0.2) is 0 Å². The topological polar surface area (TPSA) is 70.8 Å². The summed E-state index contributed by atoms with van der Waals surface area (Å²) in [6.45, 7) is 9.11. The first-order chi connectivity index (χ1) is 13.8. The Bertz CT molecular complexity index is 962. The molecule has 0 unspecified atom stereocenters. The Balaban J connectivity index is 1.41. The van der Waals surface area contributed by atoms with Gasteiger partial charge in [-0.25, -0.2) is 4.98 Å². The number of aliphatic hydroxyl groups is 1. The quantitative estimate of drug-likeness (QED) is 0.855. The van der Waals surface area contributed by atoms with Gasteiger partial charge in [-0.2, -0.15) is 0 Å². The van der Waals surface area contributed by atoms with Crippen LogP contribution in [0.2, 0.25) is 0 Å². The van der Waals surface area contributed by atoms with E-state index in [0.717, 1.165) is 43.0 Å². The molecule has 1 N–H and O–H groups in total. The van der Waals surface area contributed by atoms with Gasteiger partial charge >= 0.3 is 0 Å². The third kappa shape index (κ3) is 2.78. The molecule has 1 amide bonds. The molecule has 1 aliphatic carbocycles. The van der Waals surface area contributed by atoms with Crippen LogP contribution in [0.3, 0.4) is 0 Å². The maximum Gasteiger partial charge on any atom is 0.253 e. The molecule has 2 aliphatic heterocycles. The van der Waals surface area contributed by atoms with E-state index >= 15 is 0 Å². The molecule has 0 spiro atoms. The van der Waals surface area contributed by atoms with Crippen molar-refractivity contribution in [3.8, 4) is 0 Å². The van der Waals surface area contributed by atoms with Crippen LogP contribution in [0.25, 0.3) is 11.0 Å². The number of fused-ring (bicyclic) bond motifs is 2. The van der Waals surface area contributed by atoms with Crippen LogP contribution in [0.1, 0.15) is 30.6 Å². The van der Waals surface area contributed by atoms with Crippen molar-refractivity contribution in [3.63, 3.8) is 0 Å². The van der Waals surface area contributed by atoms with Gasteiger partial charge in [-0.3, -0.25) is 4.79 Å². The number of carbonyl (C=O) groups is 1. The predicted molar refractivity (Wildman–Crippen MR) is 111 cm³/mol. The summed E-state index contributed by atoms with van der Waals surface area (Å²) in [6.07, 6.45) is 0.979. The Morgan fingerprint density at radius 1 is 1.31 bits per heavy atom. The van der Waals surface area contributed by atoms with Gasteiger partial charge in [0, 0.05) is 44.2 Å². The van der Waals surface area contributed by atoms with Gasteiger partial charge in [-0.05, 0) is 36.0 Å². The predicted octanol–water partition coefficient (Wildman–Crippen LogP) is 1.89. The molecular formula is C22H30N4O3. The second-order valence-corrected chi connectivity index (χ2v) is 9.70. The lowest BCUT2D eigenvalue weighted by Crippen LogP contribution is -2.54. The second kappa shape index (κ2) is 6.44. The molecule has 29 heavy (non-hydrogen) atoms. The summed E-state index contributed by atoms with van der Waals surface area (Å²) in [5.41, 5.74) is 2.63. The Hall–Kier alpha value is -2.12. The van der Waals surface area contributed by atoms with E-state index in [1.165, 1.54) is 0 Å². The first kappa shape index (κ1) is 18.9. The van der Waals surface area contributed by atoms with Gasteiger partial charge in [0.25, 0.3) is 5.91 Å². The molecule has 3 heterocycles. The number of aliphatic hydroxyl groups excluding tert-OH is 1. The maximum atomic E-state index is 13.3. The lowest BCUT2D eigenvalue weighted by Gasteiger charge is -2.55.